The first kappa shape index (κ1) is 13.3. The molecule has 0 bridgehead atoms. The van der Waals surface area contributed by atoms with Gasteiger partial charge < -0.3 is 9.72 Å². The van der Waals surface area contributed by atoms with E-state index in [9.17, 15) is 0 Å². The molecule has 0 aliphatic carbocycles. The SMILES string of the molecule is CCCc1nn(C)c2c1[nH]c(=S)n2C(C)COC. The Bertz CT molecular complexity index is 595. The Labute approximate surface area is 112 Å². The van der Waals surface area contributed by atoms with Gasteiger partial charge in [-0.15, -0.1) is 0 Å². The number of aromatic nitrogens is 4. The number of nitrogens with zero attached hydrogens (tertiary/aromatic N) is 3. The highest BCUT2D eigenvalue weighted by atomic mass is 32.1. The van der Waals surface area contributed by atoms with Crippen LogP contribution in [0.1, 0.15) is 32.0 Å². The van der Waals surface area contributed by atoms with Crippen LogP contribution in [-0.2, 0) is 18.2 Å². The quantitative estimate of drug-likeness (QED) is 0.848. The van der Waals surface area contributed by atoms with Gasteiger partial charge in [-0.05, 0) is 25.6 Å². The van der Waals surface area contributed by atoms with Crippen molar-refractivity contribution in [1.82, 2.24) is 19.3 Å². The summed E-state index contributed by atoms with van der Waals surface area (Å²) in [6, 6.07) is 0.195. The summed E-state index contributed by atoms with van der Waals surface area (Å²) in [6.45, 7) is 4.88. The molecule has 0 aliphatic rings. The van der Waals surface area contributed by atoms with Gasteiger partial charge in [0.05, 0.1) is 18.3 Å². The number of methoxy groups -OCH3 is 1. The summed E-state index contributed by atoms with van der Waals surface area (Å²) >= 11 is 5.41. The molecule has 1 N–H and O–H groups in total. The van der Waals surface area contributed by atoms with E-state index in [2.05, 4.69) is 28.5 Å². The van der Waals surface area contributed by atoms with Crippen LogP contribution in [0.5, 0.6) is 0 Å². The van der Waals surface area contributed by atoms with Crippen molar-refractivity contribution in [2.24, 2.45) is 7.05 Å². The van der Waals surface area contributed by atoms with Crippen LogP contribution in [0.3, 0.4) is 0 Å². The zero-order valence-corrected chi connectivity index (χ0v) is 12.2. The number of fused-ring (bicyclic) bond motifs is 1. The smallest absolute Gasteiger partial charge is 0.179 e. The van der Waals surface area contributed by atoms with Crippen LogP contribution >= 0.6 is 12.2 Å². The van der Waals surface area contributed by atoms with Gasteiger partial charge in [-0.3, -0.25) is 9.25 Å². The molecule has 0 spiro atoms. The topological polar surface area (TPSA) is 47.8 Å². The van der Waals surface area contributed by atoms with Crippen LogP contribution in [-0.4, -0.2) is 33.0 Å². The fourth-order valence-corrected chi connectivity index (χ4v) is 2.74. The Morgan fingerprint density at radius 2 is 2.22 bits per heavy atom. The van der Waals surface area contributed by atoms with E-state index in [4.69, 9.17) is 17.0 Å². The summed E-state index contributed by atoms with van der Waals surface area (Å²) in [6.07, 6.45) is 2.04. The lowest BCUT2D eigenvalue weighted by molar-refractivity contribution is 0.162. The van der Waals surface area contributed by atoms with Gasteiger partial charge in [0.25, 0.3) is 0 Å². The molecule has 0 aromatic carbocycles. The third-order valence-corrected chi connectivity index (χ3v) is 3.40. The molecule has 2 heterocycles. The van der Waals surface area contributed by atoms with E-state index in [0.717, 1.165) is 34.5 Å². The molecule has 1 atom stereocenters. The van der Waals surface area contributed by atoms with Gasteiger partial charge in [-0.1, -0.05) is 13.3 Å². The molecule has 2 aromatic heterocycles. The van der Waals surface area contributed by atoms with E-state index < -0.39 is 0 Å². The van der Waals surface area contributed by atoms with Crippen molar-refractivity contribution in [3.05, 3.63) is 10.5 Å². The average Bonchev–Trinajstić information content (AvgIpc) is 2.78. The highest BCUT2D eigenvalue weighted by Crippen LogP contribution is 2.22. The number of H-pyrrole nitrogens is 1. The number of aryl methyl sites for hydroxylation is 2. The van der Waals surface area contributed by atoms with E-state index in [1.54, 1.807) is 7.11 Å². The molecule has 6 heteroatoms. The molecular formula is C12H20N4OS. The van der Waals surface area contributed by atoms with Gasteiger partial charge in [0.15, 0.2) is 10.4 Å². The summed E-state index contributed by atoms with van der Waals surface area (Å²) < 4.78 is 9.94. The van der Waals surface area contributed by atoms with Crippen molar-refractivity contribution in [1.29, 1.82) is 0 Å². The van der Waals surface area contributed by atoms with E-state index in [-0.39, 0.29) is 6.04 Å². The maximum absolute atomic E-state index is 5.41. The van der Waals surface area contributed by atoms with Gasteiger partial charge in [-0.2, -0.15) is 5.10 Å². The lowest BCUT2D eigenvalue weighted by atomic mass is 10.2. The third kappa shape index (κ3) is 2.10. The normalized spacial score (nSPS) is 13.3. The molecule has 0 fully saturated rings. The lowest BCUT2D eigenvalue weighted by Gasteiger charge is -2.13. The number of hydrogen-bond donors (Lipinski definition) is 1. The standard InChI is InChI=1S/C12H20N4OS/c1-5-6-9-10-11(15(3)14-9)16(12(18)13-10)8(2)7-17-4/h8H,5-7H2,1-4H3,(H,13,18). The van der Waals surface area contributed by atoms with Gasteiger partial charge in [0.2, 0.25) is 0 Å². The third-order valence-electron chi connectivity index (χ3n) is 3.10. The highest BCUT2D eigenvalue weighted by molar-refractivity contribution is 7.71. The second-order valence-corrected chi connectivity index (χ2v) is 5.01. The van der Waals surface area contributed by atoms with Crippen molar-refractivity contribution in [2.75, 3.05) is 13.7 Å². The number of rotatable bonds is 5. The van der Waals surface area contributed by atoms with Gasteiger partial charge >= 0.3 is 0 Å². The molecule has 5 nitrogen and oxygen atoms in total. The zero-order chi connectivity index (χ0) is 13.3. The molecule has 0 saturated heterocycles. The second kappa shape index (κ2) is 5.24. The van der Waals surface area contributed by atoms with E-state index in [0.29, 0.717) is 6.61 Å². The predicted octanol–water partition coefficient (Wildman–Crippen LogP) is 2.59. The van der Waals surface area contributed by atoms with Crippen LogP contribution in [0.25, 0.3) is 11.2 Å². The Hall–Kier alpha value is -1.14. The monoisotopic (exact) mass is 268 g/mol. The number of aromatic amines is 1. The minimum atomic E-state index is 0.195. The predicted molar refractivity (Wildman–Crippen MR) is 74.5 cm³/mol. The van der Waals surface area contributed by atoms with E-state index in [1.807, 2.05) is 11.7 Å². The first-order chi connectivity index (χ1) is 8.60. The summed E-state index contributed by atoms with van der Waals surface area (Å²) in [5.74, 6) is 0. The minimum absolute atomic E-state index is 0.195. The number of nitrogens with one attached hydrogen (secondary N) is 1. The highest BCUT2D eigenvalue weighted by Gasteiger charge is 2.17. The fourth-order valence-electron chi connectivity index (χ4n) is 2.37. The summed E-state index contributed by atoms with van der Waals surface area (Å²) in [4.78, 5) is 3.28. The van der Waals surface area contributed by atoms with Gasteiger partial charge in [0, 0.05) is 14.2 Å². The van der Waals surface area contributed by atoms with Crippen LogP contribution in [0.2, 0.25) is 0 Å². The first-order valence-electron chi connectivity index (χ1n) is 6.25. The lowest BCUT2D eigenvalue weighted by Crippen LogP contribution is -2.13. The molecule has 0 saturated carbocycles. The average molecular weight is 268 g/mol. The van der Waals surface area contributed by atoms with Crippen molar-refractivity contribution >= 4 is 23.4 Å². The maximum Gasteiger partial charge on any atom is 0.179 e. The van der Waals surface area contributed by atoms with E-state index >= 15 is 0 Å². The zero-order valence-electron chi connectivity index (χ0n) is 11.4. The second-order valence-electron chi connectivity index (χ2n) is 4.62. The summed E-state index contributed by atoms with van der Waals surface area (Å²) in [7, 11) is 3.66. The maximum atomic E-state index is 5.41. The summed E-state index contributed by atoms with van der Waals surface area (Å²) in [5.41, 5.74) is 3.20. The molecule has 2 rings (SSSR count). The van der Waals surface area contributed by atoms with Crippen molar-refractivity contribution in [3.63, 3.8) is 0 Å². The molecule has 0 aliphatic heterocycles. The molecule has 2 aromatic rings. The first-order valence-corrected chi connectivity index (χ1v) is 6.66. The summed E-state index contributed by atoms with van der Waals surface area (Å²) in [5, 5.41) is 4.56. The molecule has 0 radical (unpaired) electrons. The van der Waals surface area contributed by atoms with E-state index in [1.165, 1.54) is 0 Å². The van der Waals surface area contributed by atoms with Crippen molar-refractivity contribution < 1.29 is 4.74 Å². The Kier molecular flexibility index (Phi) is 3.87. The minimum Gasteiger partial charge on any atom is -0.383 e. The number of hydrogen-bond acceptors (Lipinski definition) is 3. The van der Waals surface area contributed by atoms with Crippen LogP contribution in [0.4, 0.5) is 0 Å². The van der Waals surface area contributed by atoms with Crippen LogP contribution in [0, 0.1) is 4.77 Å². The number of ether oxygens (including phenoxy) is 1. The molecular weight excluding hydrogens is 248 g/mol. The van der Waals surface area contributed by atoms with Crippen molar-refractivity contribution in [3.8, 4) is 0 Å². The Balaban J connectivity index is 2.60. The fraction of sp³-hybridized carbons (Fsp3) is 0.667. The Morgan fingerprint density at radius 1 is 1.50 bits per heavy atom. The Morgan fingerprint density at radius 3 is 2.83 bits per heavy atom. The van der Waals surface area contributed by atoms with Crippen LogP contribution in [0.15, 0.2) is 0 Å². The molecule has 18 heavy (non-hydrogen) atoms. The molecule has 1 unspecified atom stereocenters. The number of imidazole rings is 1. The molecule has 0 amide bonds. The van der Waals surface area contributed by atoms with Crippen molar-refractivity contribution in [2.45, 2.75) is 32.7 Å². The largest absolute Gasteiger partial charge is 0.383 e. The van der Waals surface area contributed by atoms with Gasteiger partial charge in [0.1, 0.15) is 5.52 Å². The van der Waals surface area contributed by atoms with Crippen LogP contribution < -0.4 is 0 Å². The van der Waals surface area contributed by atoms with Gasteiger partial charge in [-0.25, -0.2) is 0 Å². The molecule has 100 valence electrons.